The minimum atomic E-state index is 0.139. The van der Waals surface area contributed by atoms with Crippen molar-refractivity contribution in [1.29, 1.82) is 0 Å². The predicted octanol–water partition coefficient (Wildman–Crippen LogP) is 6.83. The van der Waals surface area contributed by atoms with E-state index in [9.17, 15) is 0 Å². The van der Waals surface area contributed by atoms with E-state index in [1.54, 1.807) is 0 Å². The number of rotatable bonds is 6. The van der Waals surface area contributed by atoms with E-state index in [1.807, 2.05) is 6.92 Å². The molecule has 1 saturated carbocycles. The number of hydrogen-bond acceptors (Lipinski definition) is 1. The Bertz CT molecular complexity index is 521. The van der Waals surface area contributed by atoms with Gasteiger partial charge in [-0.25, -0.2) is 0 Å². The van der Waals surface area contributed by atoms with Gasteiger partial charge in [0.05, 0.1) is 6.61 Å². The van der Waals surface area contributed by atoms with Crippen LogP contribution in [0.25, 0.3) is 0 Å². The Labute approximate surface area is 153 Å². The third kappa shape index (κ3) is 5.01. The van der Waals surface area contributed by atoms with E-state index in [1.165, 1.54) is 43.2 Å². The fraction of sp³-hybridized carbons (Fsp3) is 0.455. The van der Waals surface area contributed by atoms with Crippen molar-refractivity contribution in [3.05, 3.63) is 66.8 Å². The second-order valence-electron chi connectivity index (χ2n) is 5.90. The summed E-state index contributed by atoms with van der Waals surface area (Å²) in [6.07, 6.45) is 12.9. The van der Waals surface area contributed by atoms with Crippen LogP contribution in [0.1, 0.15) is 51.5 Å². The molecule has 0 saturated heterocycles. The smallest absolute Gasteiger partial charge is 0.119 e. The monoisotopic (exact) mass is 346 g/mol. The van der Waals surface area contributed by atoms with Crippen LogP contribution < -0.4 is 4.74 Å². The van der Waals surface area contributed by atoms with Gasteiger partial charge in [-0.05, 0) is 50.0 Å². The molecule has 0 amide bonds. The van der Waals surface area contributed by atoms with Gasteiger partial charge in [0, 0.05) is 11.3 Å². The average Bonchev–Trinajstić information content (AvgIpc) is 2.65. The first-order chi connectivity index (χ1) is 11.8. The number of halogens is 1. The molecule has 0 aromatic heterocycles. The lowest BCUT2D eigenvalue weighted by Crippen LogP contribution is -2.30. The van der Waals surface area contributed by atoms with Crippen molar-refractivity contribution in [1.82, 2.24) is 0 Å². The van der Waals surface area contributed by atoms with Gasteiger partial charge in [-0.1, -0.05) is 49.6 Å². The largest absolute Gasteiger partial charge is 0.494 e. The molecule has 1 aromatic rings. The van der Waals surface area contributed by atoms with Crippen LogP contribution in [0.4, 0.5) is 0 Å². The van der Waals surface area contributed by atoms with Crippen LogP contribution in [0.15, 0.2) is 61.2 Å². The highest BCUT2D eigenvalue weighted by Crippen LogP contribution is 2.45. The topological polar surface area (TPSA) is 9.23 Å². The zero-order valence-corrected chi connectivity index (χ0v) is 15.9. The molecule has 2 rings (SSSR count). The number of hydrogen-bond donors (Lipinski definition) is 0. The molecular formula is C22H31ClO. The van der Waals surface area contributed by atoms with Crippen LogP contribution in [0, 0.1) is 0 Å². The quantitative estimate of drug-likeness (QED) is 0.311. The summed E-state index contributed by atoms with van der Waals surface area (Å²) < 4.78 is 5.59. The lowest BCUT2D eigenvalue weighted by Gasteiger charge is -2.39. The molecule has 24 heavy (non-hydrogen) atoms. The standard InChI is InChI=1S/C20H27ClO.C2H4/c1-3-17(9-8-16-21)20(14-6-5-7-15-20)18-10-12-19(13-11-18)22-4-2;1-2/h3,8-13H,4-7,14-16H2,1-2H3;1-2H2/b9-8-,17-3+;. The first-order valence-corrected chi connectivity index (χ1v) is 9.43. The van der Waals surface area contributed by atoms with E-state index in [0.717, 1.165) is 5.75 Å². The summed E-state index contributed by atoms with van der Waals surface area (Å²) in [5.41, 5.74) is 2.94. The summed E-state index contributed by atoms with van der Waals surface area (Å²) in [5, 5.41) is 0. The van der Waals surface area contributed by atoms with Crippen molar-refractivity contribution >= 4 is 11.6 Å². The molecule has 132 valence electrons. The zero-order valence-electron chi connectivity index (χ0n) is 15.2. The Balaban J connectivity index is 0.00000139. The molecule has 2 heteroatoms. The molecule has 1 fully saturated rings. The van der Waals surface area contributed by atoms with Gasteiger partial charge in [-0.15, -0.1) is 24.8 Å². The fourth-order valence-electron chi connectivity index (χ4n) is 3.64. The fourth-order valence-corrected chi connectivity index (χ4v) is 3.73. The van der Waals surface area contributed by atoms with Crippen LogP contribution >= 0.6 is 11.6 Å². The van der Waals surface area contributed by atoms with Gasteiger partial charge in [-0.2, -0.15) is 0 Å². The van der Waals surface area contributed by atoms with Crippen LogP contribution in [-0.2, 0) is 5.41 Å². The van der Waals surface area contributed by atoms with Crippen LogP contribution in [-0.4, -0.2) is 12.5 Å². The number of alkyl halides is 1. The summed E-state index contributed by atoms with van der Waals surface area (Å²) in [6, 6.07) is 8.70. The van der Waals surface area contributed by atoms with Gasteiger partial charge < -0.3 is 4.74 Å². The molecular weight excluding hydrogens is 316 g/mol. The van der Waals surface area contributed by atoms with Gasteiger partial charge in [0.2, 0.25) is 0 Å². The molecule has 1 aliphatic rings. The Kier molecular flexibility index (Phi) is 9.56. The molecule has 0 bridgehead atoms. The van der Waals surface area contributed by atoms with Crippen molar-refractivity contribution in [2.45, 2.75) is 51.4 Å². The molecule has 1 aromatic carbocycles. The molecule has 1 aliphatic carbocycles. The van der Waals surface area contributed by atoms with Gasteiger partial charge in [-0.3, -0.25) is 0 Å². The molecule has 0 heterocycles. The molecule has 1 nitrogen and oxygen atoms in total. The Morgan fingerprint density at radius 2 is 1.79 bits per heavy atom. The molecule has 0 unspecified atom stereocenters. The summed E-state index contributed by atoms with van der Waals surface area (Å²) in [4.78, 5) is 0. The lowest BCUT2D eigenvalue weighted by molar-refractivity contribution is 0.335. The number of benzene rings is 1. The van der Waals surface area contributed by atoms with Crippen LogP contribution in [0.3, 0.4) is 0 Å². The van der Waals surface area contributed by atoms with Crippen molar-refractivity contribution < 1.29 is 4.74 Å². The highest BCUT2D eigenvalue weighted by atomic mass is 35.5. The first kappa shape index (κ1) is 20.6. The second-order valence-corrected chi connectivity index (χ2v) is 6.21. The van der Waals surface area contributed by atoms with Crippen molar-refractivity contribution in [3.8, 4) is 5.75 Å². The normalized spacial score (nSPS) is 17.2. The predicted molar refractivity (Wildman–Crippen MR) is 107 cm³/mol. The summed E-state index contributed by atoms with van der Waals surface area (Å²) in [5.74, 6) is 1.52. The van der Waals surface area contributed by atoms with Gasteiger partial charge >= 0.3 is 0 Å². The lowest BCUT2D eigenvalue weighted by atomic mass is 9.64. The Morgan fingerprint density at radius 3 is 2.29 bits per heavy atom. The molecule has 0 atom stereocenters. The first-order valence-electron chi connectivity index (χ1n) is 8.89. The summed E-state index contributed by atoms with van der Waals surface area (Å²) >= 11 is 5.86. The molecule has 0 radical (unpaired) electrons. The number of allylic oxidation sites excluding steroid dienone is 4. The third-order valence-corrected chi connectivity index (χ3v) is 4.85. The van der Waals surface area contributed by atoms with E-state index in [2.05, 4.69) is 62.6 Å². The Hall–Kier alpha value is -1.47. The van der Waals surface area contributed by atoms with E-state index < -0.39 is 0 Å². The van der Waals surface area contributed by atoms with Crippen molar-refractivity contribution in [3.63, 3.8) is 0 Å². The van der Waals surface area contributed by atoms with Crippen molar-refractivity contribution in [2.75, 3.05) is 12.5 Å². The SMILES string of the molecule is C/C=C(\C=C/CCl)C1(c2ccc(OCC)cc2)CCCCC1.C=C. The van der Waals surface area contributed by atoms with Crippen LogP contribution in [0.5, 0.6) is 5.75 Å². The van der Waals surface area contributed by atoms with E-state index in [-0.39, 0.29) is 5.41 Å². The molecule has 0 aliphatic heterocycles. The highest BCUT2D eigenvalue weighted by Gasteiger charge is 2.36. The van der Waals surface area contributed by atoms with Gasteiger partial charge in [0.1, 0.15) is 5.75 Å². The minimum Gasteiger partial charge on any atom is -0.494 e. The van der Waals surface area contributed by atoms with E-state index >= 15 is 0 Å². The highest BCUT2D eigenvalue weighted by molar-refractivity contribution is 6.18. The molecule has 0 N–H and O–H groups in total. The maximum absolute atomic E-state index is 5.86. The van der Waals surface area contributed by atoms with Gasteiger partial charge in [0.25, 0.3) is 0 Å². The Morgan fingerprint density at radius 1 is 1.17 bits per heavy atom. The number of ether oxygens (including phenoxy) is 1. The molecule has 0 spiro atoms. The maximum atomic E-state index is 5.86. The summed E-state index contributed by atoms with van der Waals surface area (Å²) in [7, 11) is 0. The van der Waals surface area contributed by atoms with Crippen molar-refractivity contribution in [2.24, 2.45) is 0 Å². The average molecular weight is 347 g/mol. The van der Waals surface area contributed by atoms with E-state index in [0.29, 0.717) is 12.5 Å². The van der Waals surface area contributed by atoms with Crippen LogP contribution in [0.2, 0.25) is 0 Å². The third-order valence-electron chi connectivity index (χ3n) is 4.68. The summed E-state index contributed by atoms with van der Waals surface area (Å²) in [6.45, 7) is 10.9. The zero-order chi connectivity index (χ0) is 17.8. The maximum Gasteiger partial charge on any atom is 0.119 e. The van der Waals surface area contributed by atoms with E-state index in [4.69, 9.17) is 16.3 Å². The second kappa shape index (κ2) is 11.1. The minimum absolute atomic E-state index is 0.139. The van der Waals surface area contributed by atoms with Gasteiger partial charge in [0.15, 0.2) is 0 Å².